The van der Waals surface area contributed by atoms with Crippen LogP contribution in [-0.2, 0) is 19.3 Å². The monoisotopic (exact) mass is 315 g/mol. The normalized spacial score (nSPS) is 16.3. The third-order valence-electron chi connectivity index (χ3n) is 4.46. The minimum Gasteiger partial charge on any atom is -0.478 e. The SMILES string of the molecule is CCc1ncccc1-c1sc2c(c1C(=O)O)CC(C)(C)CC2. The molecular formula is C18H21NO2S. The van der Waals surface area contributed by atoms with Crippen LogP contribution in [0.5, 0.6) is 0 Å². The molecule has 0 radical (unpaired) electrons. The van der Waals surface area contributed by atoms with E-state index >= 15 is 0 Å². The number of hydrogen-bond donors (Lipinski definition) is 1. The Hall–Kier alpha value is -1.68. The van der Waals surface area contributed by atoms with Gasteiger partial charge in [-0.25, -0.2) is 4.79 Å². The van der Waals surface area contributed by atoms with Crippen LogP contribution in [0.4, 0.5) is 0 Å². The maximum absolute atomic E-state index is 11.9. The highest BCUT2D eigenvalue weighted by Gasteiger charge is 2.33. The summed E-state index contributed by atoms with van der Waals surface area (Å²) in [5, 5.41) is 9.79. The van der Waals surface area contributed by atoms with E-state index in [9.17, 15) is 9.90 Å². The van der Waals surface area contributed by atoms with Crippen LogP contribution >= 0.6 is 11.3 Å². The predicted molar refractivity (Wildman–Crippen MR) is 89.7 cm³/mol. The summed E-state index contributed by atoms with van der Waals surface area (Å²) in [6.07, 6.45) is 5.53. The minimum atomic E-state index is -0.809. The Balaban J connectivity index is 2.21. The first-order chi connectivity index (χ1) is 10.4. The second-order valence-corrected chi connectivity index (χ2v) is 7.81. The summed E-state index contributed by atoms with van der Waals surface area (Å²) >= 11 is 1.65. The number of rotatable bonds is 3. The molecule has 0 aliphatic heterocycles. The highest BCUT2D eigenvalue weighted by atomic mass is 32.1. The number of carbonyl (C=O) groups is 1. The molecule has 0 fully saturated rings. The summed E-state index contributed by atoms with van der Waals surface area (Å²) in [5.74, 6) is -0.809. The number of pyridine rings is 1. The lowest BCUT2D eigenvalue weighted by Crippen LogP contribution is -2.22. The number of aromatic nitrogens is 1. The first-order valence-corrected chi connectivity index (χ1v) is 8.56. The lowest BCUT2D eigenvalue weighted by molar-refractivity contribution is 0.0696. The van der Waals surface area contributed by atoms with Crippen molar-refractivity contribution in [1.29, 1.82) is 0 Å². The van der Waals surface area contributed by atoms with Crippen LogP contribution < -0.4 is 0 Å². The standard InChI is InChI=1S/C18H21NO2S/c1-4-13-11(6-5-9-19-13)16-15(17(20)21)12-10-18(2,3)8-7-14(12)22-16/h5-6,9H,4,7-8,10H2,1-3H3,(H,20,21). The van der Waals surface area contributed by atoms with Crippen LogP contribution in [0.25, 0.3) is 10.4 Å². The average Bonchev–Trinajstić information content (AvgIpc) is 2.84. The molecule has 116 valence electrons. The van der Waals surface area contributed by atoms with E-state index in [0.717, 1.165) is 47.4 Å². The molecule has 3 rings (SSSR count). The summed E-state index contributed by atoms with van der Waals surface area (Å²) in [5.41, 5.74) is 3.70. The number of thiophene rings is 1. The zero-order valence-corrected chi connectivity index (χ0v) is 14.1. The highest BCUT2D eigenvalue weighted by molar-refractivity contribution is 7.16. The Morgan fingerprint density at radius 3 is 2.91 bits per heavy atom. The molecule has 1 N–H and O–H groups in total. The molecule has 0 spiro atoms. The van der Waals surface area contributed by atoms with E-state index in [0.29, 0.717) is 5.56 Å². The number of carboxylic acids is 1. The lowest BCUT2D eigenvalue weighted by atomic mass is 9.76. The Labute approximate surface area is 135 Å². The van der Waals surface area contributed by atoms with Crippen LogP contribution in [0.2, 0.25) is 0 Å². The molecule has 0 saturated heterocycles. The average molecular weight is 315 g/mol. The van der Waals surface area contributed by atoms with Gasteiger partial charge < -0.3 is 5.11 Å². The van der Waals surface area contributed by atoms with E-state index in [2.05, 4.69) is 25.8 Å². The zero-order valence-electron chi connectivity index (χ0n) is 13.3. The molecule has 22 heavy (non-hydrogen) atoms. The van der Waals surface area contributed by atoms with Crippen LogP contribution in [-0.4, -0.2) is 16.1 Å². The van der Waals surface area contributed by atoms with E-state index in [1.165, 1.54) is 4.88 Å². The highest BCUT2D eigenvalue weighted by Crippen LogP contribution is 2.45. The molecule has 0 saturated carbocycles. The van der Waals surface area contributed by atoms with E-state index in [1.807, 2.05) is 12.1 Å². The lowest BCUT2D eigenvalue weighted by Gasteiger charge is -2.29. The van der Waals surface area contributed by atoms with Gasteiger partial charge >= 0.3 is 5.97 Å². The number of aryl methyl sites for hydroxylation is 2. The Morgan fingerprint density at radius 1 is 1.45 bits per heavy atom. The van der Waals surface area contributed by atoms with Gasteiger partial charge in [0.05, 0.1) is 10.4 Å². The Kier molecular flexibility index (Phi) is 3.81. The van der Waals surface area contributed by atoms with Gasteiger partial charge in [-0.2, -0.15) is 0 Å². The molecule has 3 nitrogen and oxygen atoms in total. The van der Waals surface area contributed by atoms with Gasteiger partial charge in [0.2, 0.25) is 0 Å². The van der Waals surface area contributed by atoms with Crippen molar-refractivity contribution >= 4 is 17.3 Å². The third kappa shape index (κ3) is 2.56. The van der Waals surface area contributed by atoms with Gasteiger partial charge in [-0.15, -0.1) is 11.3 Å². The molecule has 0 aromatic carbocycles. The van der Waals surface area contributed by atoms with Crippen molar-refractivity contribution < 1.29 is 9.90 Å². The maximum atomic E-state index is 11.9. The summed E-state index contributed by atoms with van der Waals surface area (Å²) in [4.78, 5) is 18.5. The fourth-order valence-corrected chi connectivity index (χ4v) is 4.62. The fourth-order valence-electron chi connectivity index (χ4n) is 3.26. The molecular weight excluding hydrogens is 294 g/mol. The van der Waals surface area contributed by atoms with Gasteiger partial charge in [0.1, 0.15) is 0 Å². The summed E-state index contributed by atoms with van der Waals surface area (Å²) in [6.45, 7) is 6.50. The van der Waals surface area contributed by atoms with Crippen molar-refractivity contribution in [2.75, 3.05) is 0 Å². The molecule has 2 aromatic rings. The quantitative estimate of drug-likeness (QED) is 0.901. The molecule has 0 atom stereocenters. The van der Waals surface area contributed by atoms with E-state index in [1.54, 1.807) is 17.5 Å². The van der Waals surface area contributed by atoms with Gasteiger partial charge in [-0.05, 0) is 42.7 Å². The zero-order chi connectivity index (χ0) is 15.9. The molecule has 2 aromatic heterocycles. The van der Waals surface area contributed by atoms with E-state index < -0.39 is 5.97 Å². The van der Waals surface area contributed by atoms with Crippen molar-refractivity contribution in [2.45, 2.75) is 46.5 Å². The van der Waals surface area contributed by atoms with Crippen LogP contribution in [0.3, 0.4) is 0 Å². The topological polar surface area (TPSA) is 50.2 Å². The largest absolute Gasteiger partial charge is 0.478 e. The predicted octanol–water partition coefficient (Wildman–Crippen LogP) is 4.59. The smallest absolute Gasteiger partial charge is 0.337 e. The third-order valence-corrected chi connectivity index (χ3v) is 5.78. The summed E-state index contributed by atoms with van der Waals surface area (Å²) in [7, 11) is 0. The van der Waals surface area contributed by atoms with Gasteiger partial charge in [0.25, 0.3) is 0 Å². The van der Waals surface area contributed by atoms with E-state index in [4.69, 9.17) is 0 Å². The molecule has 4 heteroatoms. The van der Waals surface area contributed by atoms with Gasteiger partial charge in [-0.3, -0.25) is 4.98 Å². The van der Waals surface area contributed by atoms with Crippen molar-refractivity contribution in [1.82, 2.24) is 4.98 Å². The van der Waals surface area contributed by atoms with Crippen LogP contribution in [0, 0.1) is 5.41 Å². The molecule has 0 bridgehead atoms. The van der Waals surface area contributed by atoms with Crippen molar-refractivity contribution in [3.05, 3.63) is 40.0 Å². The van der Waals surface area contributed by atoms with Crippen LogP contribution in [0.1, 0.15) is 53.7 Å². The fraction of sp³-hybridized carbons (Fsp3) is 0.444. The second-order valence-electron chi connectivity index (χ2n) is 6.71. The van der Waals surface area contributed by atoms with Gasteiger partial charge in [-0.1, -0.05) is 26.8 Å². The van der Waals surface area contributed by atoms with E-state index in [-0.39, 0.29) is 5.41 Å². The second kappa shape index (κ2) is 5.51. The van der Waals surface area contributed by atoms with Gasteiger partial charge in [0.15, 0.2) is 0 Å². The number of carboxylic acid groups (broad SMARTS) is 1. The first kappa shape index (κ1) is 15.2. The Morgan fingerprint density at radius 2 is 2.23 bits per heavy atom. The number of hydrogen-bond acceptors (Lipinski definition) is 3. The van der Waals surface area contributed by atoms with Crippen molar-refractivity contribution in [3.8, 4) is 10.4 Å². The minimum absolute atomic E-state index is 0.179. The van der Waals surface area contributed by atoms with Crippen LogP contribution in [0.15, 0.2) is 18.3 Å². The number of nitrogens with zero attached hydrogens (tertiary/aromatic N) is 1. The molecule has 0 amide bonds. The molecule has 1 aliphatic rings. The molecule has 0 unspecified atom stereocenters. The van der Waals surface area contributed by atoms with Crippen molar-refractivity contribution in [3.63, 3.8) is 0 Å². The molecule has 1 aliphatic carbocycles. The summed E-state index contributed by atoms with van der Waals surface area (Å²) in [6, 6.07) is 3.89. The summed E-state index contributed by atoms with van der Waals surface area (Å²) < 4.78 is 0. The Bertz CT molecular complexity index is 731. The number of fused-ring (bicyclic) bond motifs is 1. The van der Waals surface area contributed by atoms with Crippen molar-refractivity contribution in [2.24, 2.45) is 5.41 Å². The maximum Gasteiger partial charge on any atom is 0.337 e. The molecule has 2 heterocycles. The first-order valence-electron chi connectivity index (χ1n) is 7.75. The number of aromatic carboxylic acids is 1. The van der Waals surface area contributed by atoms with Gasteiger partial charge in [0, 0.05) is 22.3 Å².